The van der Waals surface area contributed by atoms with Crippen LogP contribution in [0.2, 0.25) is 0 Å². The van der Waals surface area contributed by atoms with Gasteiger partial charge in [-0.15, -0.1) is 0 Å². The number of amides is 1. The van der Waals surface area contributed by atoms with Gasteiger partial charge in [-0.2, -0.15) is 17.5 Å². The Balaban J connectivity index is 1.71. The van der Waals surface area contributed by atoms with Gasteiger partial charge in [0.1, 0.15) is 5.75 Å². The summed E-state index contributed by atoms with van der Waals surface area (Å²) in [5.41, 5.74) is -0.286. The topological polar surface area (TPSA) is 75.7 Å². The number of aryl methyl sites for hydroxylation is 1. The number of methoxy groups -OCH3 is 1. The first-order valence-electron chi connectivity index (χ1n) is 9.75. The van der Waals surface area contributed by atoms with E-state index in [9.17, 15) is 26.4 Å². The number of alkyl halides is 3. The highest BCUT2D eigenvalue weighted by Crippen LogP contribution is 2.31. The van der Waals surface area contributed by atoms with Crippen LogP contribution >= 0.6 is 0 Å². The van der Waals surface area contributed by atoms with E-state index in [2.05, 4.69) is 5.32 Å². The predicted octanol–water partition coefficient (Wildman–Crippen LogP) is 4.07. The summed E-state index contributed by atoms with van der Waals surface area (Å²) in [5.74, 6) is -0.0542. The fraction of sp³-hybridized carbons (Fsp3) is 0.381. The molecule has 1 aliphatic rings. The minimum absolute atomic E-state index is 0.0390. The van der Waals surface area contributed by atoms with Crippen molar-refractivity contribution in [3.05, 3.63) is 53.6 Å². The molecule has 1 amide bonds. The van der Waals surface area contributed by atoms with E-state index in [4.69, 9.17) is 4.74 Å². The van der Waals surface area contributed by atoms with Gasteiger partial charge in [0.2, 0.25) is 15.9 Å². The van der Waals surface area contributed by atoms with Gasteiger partial charge in [0, 0.05) is 25.2 Å². The monoisotopic (exact) mass is 456 g/mol. The summed E-state index contributed by atoms with van der Waals surface area (Å²) >= 11 is 0. The van der Waals surface area contributed by atoms with Crippen LogP contribution in [0, 0.1) is 0 Å². The summed E-state index contributed by atoms with van der Waals surface area (Å²) in [5, 5.41) is 2.45. The number of carbonyl (C=O) groups is 1. The molecule has 1 heterocycles. The lowest BCUT2D eigenvalue weighted by molar-refractivity contribution is -0.137. The summed E-state index contributed by atoms with van der Waals surface area (Å²) < 4.78 is 70.8. The number of carbonyl (C=O) groups excluding carboxylic acids is 1. The van der Waals surface area contributed by atoms with E-state index in [0.29, 0.717) is 24.4 Å². The Bertz CT molecular complexity index is 1050. The van der Waals surface area contributed by atoms with Crippen molar-refractivity contribution in [1.29, 1.82) is 0 Å². The van der Waals surface area contributed by atoms with Crippen LogP contribution in [0.3, 0.4) is 0 Å². The third-order valence-corrected chi connectivity index (χ3v) is 6.94. The Morgan fingerprint density at radius 1 is 1.13 bits per heavy atom. The Hall–Kier alpha value is -2.59. The van der Waals surface area contributed by atoms with Gasteiger partial charge in [0.25, 0.3) is 0 Å². The van der Waals surface area contributed by atoms with Gasteiger partial charge in [-0.1, -0.05) is 6.07 Å². The maximum absolute atomic E-state index is 12.8. The Morgan fingerprint density at radius 2 is 1.84 bits per heavy atom. The van der Waals surface area contributed by atoms with Crippen molar-refractivity contribution in [1.82, 2.24) is 4.31 Å². The molecule has 1 fully saturated rings. The number of hydrogen-bond donors (Lipinski definition) is 1. The average Bonchev–Trinajstić information content (AvgIpc) is 3.27. The first-order valence-corrected chi connectivity index (χ1v) is 11.2. The minimum Gasteiger partial charge on any atom is -0.496 e. The molecule has 0 unspecified atom stereocenters. The molecule has 0 radical (unpaired) electrons. The van der Waals surface area contributed by atoms with Crippen molar-refractivity contribution in [2.24, 2.45) is 0 Å². The van der Waals surface area contributed by atoms with E-state index in [1.807, 2.05) is 0 Å². The number of anilines is 1. The van der Waals surface area contributed by atoms with Crippen molar-refractivity contribution < 1.29 is 31.1 Å². The van der Waals surface area contributed by atoms with E-state index in [1.165, 1.54) is 35.7 Å². The molecular weight excluding hydrogens is 433 g/mol. The first kappa shape index (κ1) is 23.1. The summed E-state index contributed by atoms with van der Waals surface area (Å²) in [6, 6.07) is 8.88. The van der Waals surface area contributed by atoms with Crippen LogP contribution in [0.15, 0.2) is 47.4 Å². The number of benzene rings is 2. The lowest BCUT2D eigenvalue weighted by atomic mass is 10.1. The zero-order valence-electron chi connectivity index (χ0n) is 16.9. The lowest BCUT2D eigenvalue weighted by Gasteiger charge is -2.17. The molecule has 0 aliphatic carbocycles. The van der Waals surface area contributed by atoms with Crippen molar-refractivity contribution >= 4 is 21.6 Å². The number of rotatable bonds is 7. The van der Waals surface area contributed by atoms with E-state index in [1.54, 1.807) is 6.07 Å². The molecule has 0 spiro atoms. The summed E-state index contributed by atoms with van der Waals surface area (Å²) in [6.45, 7) is 0.951. The van der Waals surface area contributed by atoms with E-state index in [-0.39, 0.29) is 23.4 Å². The summed E-state index contributed by atoms with van der Waals surface area (Å²) in [4.78, 5) is 12.4. The highest BCUT2D eigenvalue weighted by molar-refractivity contribution is 7.89. The predicted molar refractivity (Wildman–Crippen MR) is 109 cm³/mol. The minimum atomic E-state index is -4.50. The van der Waals surface area contributed by atoms with Gasteiger partial charge in [0.05, 0.1) is 17.6 Å². The molecule has 0 aromatic heterocycles. The van der Waals surface area contributed by atoms with Crippen LogP contribution in [0.25, 0.3) is 0 Å². The zero-order chi connectivity index (χ0) is 22.6. The zero-order valence-corrected chi connectivity index (χ0v) is 17.7. The molecule has 0 atom stereocenters. The van der Waals surface area contributed by atoms with Gasteiger partial charge in [-0.25, -0.2) is 8.42 Å². The molecule has 0 bridgehead atoms. The summed E-state index contributed by atoms with van der Waals surface area (Å²) in [6.07, 6.45) is -2.76. The molecule has 2 aromatic carbocycles. The molecule has 10 heteroatoms. The van der Waals surface area contributed by atoms with E-state index in [0.717, 1.165) is 25.0 Å². The van der Waals surface area contributed by atoms with E-state index < -0.39 is 27.7 Å². The first-order chi connectivity index (χ1) is 14.6. The van der Waals surface area contributed by atoms with Crippen molar-refractivity contribution in [3.63, 3.8) is 0 Å². The Labute approximate surface area is 179 Å². The SMILES string of the molecule is COc1ccc(S(=O)(=O)N2CCCC2)cc1CCC(=O)Nc1cccc(C(F)(F)F)c1. The second-order valence-electron chi connectivity index (χ2n) is 7.21. The third-order valence-electron chi connectivity index (χ3n) is 5.05. The van der Waals surface area contributed by atoms with Crippen LogP contribution in [-0.4, -0.2) is 38.8 Å². The second kappa shape index (κ2) is 9.27. The fourth-order valence-corrected chi connectivity index (χ4v) is 5.00. The van der Waals surface area contributed by atoms with Crippen LogP contribution < -0.4 is 10.1 Å². The molecule has 2 aromatic rings. The number of nitrogens with zero attached hydrogens (tertiary/aromatic N) is 1. The van der Waals surface area contributed by atoms with Crippen LogP contribution in [0.5, 0.6) is 5.75 Å². The van der Waals surface area contributed by atoms with Gasteiger partial charge >= 0.3 is 6.18 Å². The number of halogens is 3. The smallest absolute Gasteiger partial charge is 0.416 e. The molecular formula is C21H23F3N2O4S. The average molecular weight is 456 g/mol. The van der Waals surface area contributed by atoms with Crippen molar-refractivity contribution in [2.45, 2.75) is 36.8 Å². The number of hydrogen-bond acceptors (Lipinski definition) is 4. The second-order valence-corrected chi connectivity index (χ2v) is 9.15. The van der Waals surface area contributed by atoms with Gasteiger partial charge in [-0.3, -0.25) is 4.79 Å². The number of sulfonamides is 1. The number of nitrogens with one attached hydrogen (secondary N) is 1. The maximum atomic E-state index is 12.8. The summed E-state index contributed by atoms with van der Waals surface area (Å²) in [7, 11) is -2.18. The van der Waals surface area contributed by atoms with Crippen LogP contribution in [0.4, 0.5) is 18.9 Å². The maximum Gasteiger partial charge on any atom is 0.416 e. The molecule has 1 N–H and O–H groups in total. The molecule has 31 heavy (non-hydrogen) atoms. The Kier molecular flexibility index (Phi) is 6.90. The third kappa shape index (κ3) is 5.56. The largest absolute Gasteiger partial charge is 0.496 e. The quantitative estimate of drug-likeness (QED) is 0.682. The highest BCUT2D eigenvalue weighted by Gasteiger charge is 2.30. The molecule has 6 nitrogen and oxygen atoms in total. The molecule has 168 valence electrons. The van der Waals surface area contributed by atoms with Crippen molar-refractivity contribution in [2.75, 3.05) is 25.5 Å². The fourth-order valence-electron chi connectivity index (χ4n) is 3.43. The van der Waals surface area contributed by atoms with Crippen molar-refractivity contribution in [3.8, 4) is 5.75 Å². The lowest BCUT2D eigenvalue weighted by Crippen LogP contribution is -2.28. The molecule has 1 saturated heterocycles. The van der Waals surface area contributed by atoms with Crippen LogP contribution in [-0.2, 0) is 27.4 Å². The van der Waals surface area contributed by atoms with E-state index >= 15 is 0 Å². The van der Waals surface area contributed by atoms with Gasteiger partial charge in [0.15, 0.2) is 0 Å². The Morgan fingerprint density at radius 3 is 2.48 bits per heavy atom. The van der Waals surface area contributed by atoms with Gasteiger partial charge in [-0.05, 0) is 61.2 Å². The molecule has 3 rings (SSSR count). The van der Waals surface area contributed by atoms with Crippen LogP contribution in [0.1, 0.15) is 30.4 Å². The highest BCUT2D eigenvalue weighted by atomic mass is 32.2. The number of ether oxygens (including phenoxy) is 1. The molecule has 1 aliphatic heterocycles. The normalized spacial score (nSPS) is 15.1. The standard InChI is InChI=1S/C21H23F3N2O4S/c1-30-19-9-8-18(31(28,29)26-11-2-3-12-26)13-15(19)7-10-20(27)25-17-6-4-5-16(14-17)21(22,23)24/h4-6,8-9,13-14H,2-3,7,10-12H2,1H3,(H,25,27). The van der Waals surface area contributed by atoms with Gasteiger partial charge < -0.3 is 10.1 Å². The molecule has 0 saturated carbocycles.